The molecule has 0 heterocycles. The first kappa shape index (κ1) is 21.9. The molecule has 0 aliphatic rings. The molecule has 0 saturated heterocycles. The van der Waals surface area contributed by atoms with Crippen LogP contribution in [0.3, 0.4) is 0 Å². The lowest BCUT2D eigenvalue weighted by atomic mass is 10.0. The summed E-state index contributed by atoms with van der Waals surface area (Å²) in [6.45, 7) is 5.86. The molecular weight excluding hydrogens is 334 g/mol. The molecule has 6 nitrogen and oxygen atoms in total. The fourth-order valence-corrected chi connectivity index (χ4v) is 3.70. The quantitative estimate of drug-likeness (QED) is 0.315. The average Bonchev–Trinajstić information content (AvgIpc) is 2.44. The van der Waals surface area contributed by atoms with E-state index in [1.165, 1.54) is 12.8 Å². The van der Waals surface area contributed by atoms with E-state index >= 15 is 0 Å². The number of nitrogens with two attached hydrogens (primary N) is 1. The van der Waals surface area contributed by atoms with Crippen molar-refractivity contribution >= 4 is 33.4 Å². The second-order valence-electron chi connectivity index (χ2n) is 5.46. The molecule has 0 aromatic heterocycles. The Balaban J connectivity index is 4.71. The van der Waals surface area contributed by atoms with E-state index in [-0.39, 0.29) is 5.11 Å². The van der Waals surface area contributed by atoms with Gasteiger partial charge in [0.2, 0.25) is 10.0 Å². The van der Waals surface area contributed by atoms with Gasteiger partial charge in [-0.05, 0) is 44.8 Å². The van der Waals surface area contributed by atoms with Crippen molar-refractivity contribution in [3.63, 3.8) is 0 Å². The number of urea groups is 1. The van der Waals surface area contributed by atoms with Gasteiger partial charge in [-0.1, -0.05) is 44.8 Å². The van der Waals surface area contributed by atoms with E-state index in [4.69, 9.17) is 5.73 Å². The summed E-state index contributed by atoms with van der Waals surface area (Å²) < 4.78 is 26.6. The van der Waals surface area contributed by atoms with Crippen molar-refractivity contribution in [3.05, 3.63) is 11.6 Å². The number of hydrogen-bond acceptors (Lipinski definition) is 4. The average molecular weight is 364 g/mol. The number of unbranched alkanes of at least 4 members (excludes halogenated alkanes) is 3. The van der Waals surface area contributed by atoms with Crippen LogP contribution >= 0.6 is 12.2 Å². The maximum Gasteiger partial charge on any atom is 0.334 e. The second kappa shape index (κ2) is 11.4. The Morgan fingerprint density at radius 1 is 1.26 bits per heavy atom. The Kier molecular flexibility index (Phi) is 10.8. The van der Waals surface area contributed by atoms with Gasteiger partial charge in [0.15, 0.2) is 5.11 Å². The summed E-state index contributed by atoms with van der Waals surface area (Å²) in [6, 6.07) is -0.916. The highest BCUT2D eigenvalue weighted by atomic mass is 32.2. The van der Waals surface area contributed by atoms with Crippen molar-refractivity contribution in [2.75, 3.05) is 0 Å². The van der Waals surface area contributed by atoms with Crippen LogP contribution in [0.25, 0.3) is 0 Å². The molecule has 1 atom stereocenters. The highest BCUT2D eigenvalue weighted by molar-refractivity contribution is 7.90. The predicted molar refractivity (Wildman–Crippen MR) is 98.6 cm³/mol. The zero-order valence-electron chi connectivity index (χ0n) is 14.2. The van der Waals surface area contributed by atoms with Crippen LogP contribution in [0.5, 0.6) is 0 Å². The number of allylic oxidation sites excluding steroid dienone is 2. The van der Waals surface area contributed by atoms with E-state index in [1.54, 1.807) is 6.92 Å². The van der Waals surface area contributed by atoms with Gasteiger partial charge in [-0.25, -0.2) is 17.9 Å². The zero-order chi connectivity index (χ0) is 17.9. The molecular formula is C15H29N3O3S2. The van der Waals surface area contributed by atoms with E-state index in [0.29, 0.717) is 12.8 Å². The van der Waals surface area contributed by atoms with Gasteiger partial charge in [0.25, 0.3) is 0 Å². The van der Waals surface area contributed by atoms with Crippen molar-refractivity contribution in [1.29, 1.82) is 0 Å². The summed E-state index contributed by atoms with van der Waals surface area (Å²) in [5.74, 6) is 0. The van der Waals surface area contributed by atoms with Crippen molar-refractivity contribution in [1.82, 2.24) is 10.0 Å². The molecule has 23 heavy (non-hydrogen) atoms. The van der Waals surface area contributed by atoms with Crippen molar-refractivity contribution in [2.24, 2.45) is 5.73 Å². The first-order valence-electron chi connectivity index (χ1n) is 8.02. The van der Waals surface area contributed by atoms with Gasteiger partial charge in [-0.3, -0.25) is 5.32 Å². The van der Waals surface area contributed by atoms with Crippen molar-refractivity contribution in [3.8, 4) is 0 Å². The van der Waals surface area contributed by atoms with Crippen LogP contribution in [0.15, 0.2) is 11.6 Å². The summed E-state index contributed by atoms with van der Waals surface area (Å²) in [6.07, 6.45) is 8.26. The van der Waals surface area contributed by atoms with E-state index in [2.05, 4.69) is 24.5 Å². The Hall–Kier alpha value is -1.15. The van der Waals surface area contributed by atoms with E-state index < -0.39 is 21.3 Å². The molecule has 0 aliphatic carbocycles. The van der Waals surface area contributed by atoms with Gasteiger partial charge in [-0.15, -0.1) is 0 Å². The molecule has 2 amide bonds. The van der Waals surface area contributed by atoms with Gasteiger partial charge >= 0.3 is 6.03 Å². The molecule has 134 valence electrons. The number of nitrogens with one attached hydrogen (secondary N) is 2. The first-order chi connectivity index (χ1) is 10.8. The number of sulfonamides is 1. The Bertz CT molecular complexity index is 516. The standard InChI is InChI=1S/C15H29N3O3S2/c1-4-7-8-9-10-12(5-2)11-13(6-3)23(20,21)18-15(19)17-14(16)22/h5,13H,4,6-11H2,1-3H3,(H4,16,17,18,19,22)/b12-5+. The number of carbonyl (C=O) groups excluding carboxylic acids is 1. The topological polar surface area (TPSA) is 101 Å². The van der Waals surface area contributed by atoms with Crippen LogP contribution in [-0.2, 0) is 10.0 Å². The molecule has 4 N–H and O–H groups in total. The third-order valence-corrected chi connectivity index (χ3v) is 5.57. The third-order valence-electron chi connectivity index (χ3n) is 3.62. The Morgan fingerprint density at radius 2 is 1.91 bits per heavy atom. The molecule has 1 unspecified atom stereocenters. The van der Waals surface area contributed by atoms with Crippen LogP contribution in [0.2, 0.25) is 0 Å². The SMILES string of the molecule is C/C=C(\CCCCCC)CC(CC)S(=O)(=O)NC(=O)NC(N)=S. The maximum atomic E-state index is 12.3. The summed E-state index contributed by atoms with van der Waals surface area (Å²) in [4.78, 5) is 11.5. The lowest BCUT2D eigenvalue weighted by molar-refractivity contribution is 0.250. The van der Waals surface area contributed by atoms with Crippen LogP contribution in [0.4, 0.5) is 4.79 Å². The Morgan fingerprint density at radius 3 is 2.39 bits per heavy atom. The first-order valence-corrected chi connectivity index (χ1v) is 9.98. The molecule has 0 spiro atoms. The van der Waals surface area contributed by atoms with Crippen LogP contribution in [0.1, 0.15) is 65.7 Å². The summed E-state index contributed by atoms with van der Waals surface area (Å²) in [5, 5.41) is 1.14. The monoisotopic (exact) mass is 363 g/mol. The van der Waals surface area contributed by atoms with Crippen LogP contribution in [-0.4, -0.2) is 24.8 Å². The third kappa shape index (κ3) is 9.55. The van der Waals surface area contributed by atoms with Gasteiger partial charge in [0.05, 0.1) is 5.25 Å². The maximum absolute atomic E-state index is 12.3. The molecule has 0 saturated carbocycles. The minimum atomic E-state index is -3.78. The molecule has 8 heteroatoms. The smallest absolute Gasteiger partial charge is 0.334 e. The molecule has 0 rings (SSSR count). The van der Waals surface area contributed by atoms with Gasteiger partial charge in [0, 0.05) is 0 Å². The minimum Gasteiger partial charge on any atom is -0.376 e. The largest absolute Gasteiger partial charge is 0.376 e. The predicted octanol–water partition coefficient (Wildman–Crippen LogP) is 2.94. The molecule has 0 aromatic rings. The van der Waals surface area contributed by atoms with Gasteiger partial charge in [-0.2, -0.15) is 0 Å². The Labute approximate surface area is 145 Å². The number of amides is 2. The van der Waals surface area contributed by atoms with Gasteiger partial charge in [0.1, 0.15) is 0 Å². The van der Waals surface area contributed by atoms with Crippen molar-refractivity contribution in [2.45, 2.75) is 71.0 Å². The molecule has 0 aromatic carbocycles. The highest BCUT2D eigenvalue weighted by Crippen LogP contribution is 2.20. The summed E-state index contributed by atoms with van der Waals surface area (Å²) in [7, 11) is -3.78. The van der Waals surface area contributed by atoms with Crippen molar-refractivity contribution < 1.29 is 13.2 Å². The molecule has 0 radical (unpaired) electrons. The van der Waals surface area contributed by atoms with Crippen LogP contribution < -0.4 is 15.8 Å². The lowest BCUT2D eigenvalue weighted by Gasteiger charge is -2.18. The molecule has 0 aliphatic heterocycles. The number of carbonyl (C=O) groups is 1. The second-order valence-corrected chi connectivity index (χ2v) is 7.86. The summed E-state index contributed by atoms with van der Waals surface area (Å²) in [5.41, 5.74) is 6.26. The van der Waals surface area contributed by atoms with E-state index in [0.717, 1.165) is 24.8 Å². The van der Waals surface area contributed by atoms with Gasteiger partial charge < -0.3 is 5.73 Å². The molecule has 0 fully saturated rings. The van der Waals surface area contributed by atoms with E-state index in [9.17, 15) is 13.2 Å². The minimum absolute atomic E-state index is 0.268. The normalized spacial score (nSPS) is 13.4. The van der Waals surface area contributed by atoms with E-state index in [1.807, 2.05) is 17.7 Å². The highest BCUT2D eigenvalue weighted by Gasteiger charge is 2.26. The molecule has 0 bridgehead atoms. The number of rotatable bonds is 10. The number of thiocarbonyl (C=S) groups is 1. The summed E-state index contributed by atoms with van der Waals surface area (Å²) >= 11 is 4.51. The fourth-order valence-electron chi connectivity index (χ4n) is 2.26. The number of hydrogen-bond donors (Lipinski definition) is 3. The van der Waals surface area contributed by atoms with Crippen LogP contribution in [0, 0.1) is 0 Å². The fraction of sp³-hybridized carbons (Fsp3) is 0.733. The lowest BCUT2D eigenvalue weighted by Crippen LogP contribution is -2.47. The zero-order valence-corrected chi connectivity index (χ0v) is 15.9.